The van der Waals surface area contributed by atoms with Gasteiger partial charge in [-0.15, -0.1) is 0 Å². The highest BCUT2D eigenvalue weighted by Gasteiger charge is 2.05. The van der Waals surface area contributed by atoms with E-state index in [2.05, 4.69) is 15.5 Å². The quantitative estimate of drug-likeness (QED) is 0.787. The zero-order valence-electron chi connectivity index (χ0n) is 13.2. The summed E-state index contributed by atoms with van der Waals surface area (Å²) in [5, 5.41) is 11.4. The molecule has 0 atom stereocenters. The van der Waals surface area contributed by atoms with Crippen LogP contribution in [-0.4, -0.2) is 25.5 Å². The van der Waals surface area contributed by atoms with Crippen molar-refractivity contribution in [3.8, 4) is 5.69 Å². The molecule has 0 spiro atoms. The molecule has 23 heavy (non-hydrogen) atoms. The van der Waals surface area contributed by atoms with E-state index in [4.69, 9.17) is 0 Å². The number of aryl methyl sites for hydroxylation is 3. The summed E-state index contributed by atoms with van der Waals surface area (Å²) in [4.78, 5) is 12.0. The summed E-state index contributed by atoms with van der Waals surface area (Å²) < 4.78 is 3.55. The number of carbonyl (C=O) groups is 1. The molecule has 1 aromatic carbocycles. The number of hydrogen-bond donors (Lipinski definition) is 1. The minimum atomic E-state index is -0.00321. The second-order valence-corrected chi connectivity index (χ2v) is 5.52. The molecule has 118 valence electrons. The largest absolute Gasteiger partial charge is 0.326 e. The first kappa shape index (κ1) is 15.0. The lowest BCUT2D eigenvalue weighted by atomic mass is 10.2. The molecule has 2 heterocycles. The van der Waals surface area contributed by atoms with E-state index in [1.54, 1.807) is 10.9 Å². The lowest BCUT2D eigenvalue weighted by molar-refractivity contribution is -0.116. The van der Waals surface area contributed by atoms with Crippen LogP contribution in [0.5, 0.6) is 0 Å². The first-order valence-corrected chi connectivity index (χ1v) is 7.50. The number of nitrogens with one attached hydrogen (secondary N) is 1. The molecule has 0 saturated heterocycles. The number of carbonyl (C=O) groups excluding carboxylic acids is 1. The molecule has 0 aliphatic heterocycles. The van der Waals surface area contributed by atoms with Crippen LogP contribution < -0.4 is 5.32 Å². The van der Waals surface area contributed by atoms with Crippen LogP contribution in [-0.2, 0) is 18.3 Å². The molecular formula is C17H19N5O. The van der Waals surface area contributed by atoms with Gasteiger partial charge in [0.05, 0.1) is 17.6 Å². The normalized spacial score (nSPS) is 10.7. The lowest BCUT2D eigenvalue weighted by Crippen LogP contribution is -2.12. The number of amides is 1. The van der Waals surface area contributed by atoms with Gasteiger partial charge in [-0.3, -0.25) is 9.48 Å². The first-order chi connectivity index (χ1) is 11.1. The van der Waals surface area contributed by atoms with Crippen LogP contribution in [0.3, 0.4) is 0 Å². The Kier molecular flexibility index (Phi) is 4.23. The molecule has 6 heteroatoms. The van der Waals surface area contributed by atoms with Gasteiger partial charge in [-0.2, -0.15) is 10.2 Å². The van der Waals surface area contributed by atoms with Crippen molar-refractivity contribution in [1.29, 1.82) is 0 Å². The molecule has 0 bridgehead atoms. The van der Waals surface area contributed by atoms with Gasteiger partial charge < -0.3 is 5.32 Å². The minimum Gasteiger partial charge on any atom is -0.326 e. The van der Waals surface area contributed by atoms with Crippen molar-refractivity contribution in [2.75, 3.05) is 5.32 Å². The third-order valence-electron chi connectivity index (χ3n) is 3.54. The Labute approximate surface area is 134 Å². The van der Waals surface area contributed by atoms with Gasteiger partial charge in [-0.1, -0.05) is 0 Å². The lowest BCUT2D eigenvalue weighted by Gasteiger charge is -2.06. The summed E-state index contributed by atoms with van der Waals surface area (Å²) in [5.41, 5.74) is 3.78. The predicted octanol–water partition coefficient (Wildman–Crippen LogP) is 2.49. The van der Waals surface area contributed by atoms with E-state index in [0.717, 1.165) is 22.6 Å². The summed E-state index contributed by atoms with van der Waals surface area (Å²) in [6.45, 7) is 1.95. The molecule has 0 fully saturated rings. The zero-order valence-corrected chi connectivity index (χ0v) is 13.2. The Morgan fingerprint density at radius 3 is 2.61 bits per heavy atom. The number of aromatic nitrogens is 4. The summed E-state index contributed by atoms with van der Waals surface area (Å²) in [6, 6.07) is 9.59. The van der Waals surface area contributed by atoms with Gasteiger partial charge in [0.2, 0.25) is 5.91 Å². The van der Waals surface area contributed by atoms with Crippen molar-refractivity contribution in [2.24, 2.45) is 7.05 Å². The second-order valence-electron chi connectivity index (χ2n) is 5.52. The van der Waals surface area contributed by atoms with Gasteiger partial charge in [0.25, 0.3) is 0 Å². The van der Waals surface area contributed by atoms with E-state index >= 15 is 0 Å². The van der Waals surface area contributed by atoms with Crippen molar-refractivity contribution >= 4 is 11.6 Å². The van der Waals surface area contributed by atoms with E-state index in [1.807, 2.05) is 61.4 Å². The highest BCUT2D eigenvalue weighted by molar-refractivity contribution is 5.90. The Bertz CT molecular complexity index is 801. The molecule has 1 amide bonds. The van der Waals surface area contributed by atoms with E-state index < -0.39 is 0 Å². The molecule has 6 nitrogen and oxygen atoms in total. The van der Waals surface area contributed by atoms with Crippen molar-refractivity contribution in [3.63, 3.8) is 0 Å². The Balaban J connectivity index is 1.56. The molecule has 0 saturated carbocycles. The molecule has 0 aliphatic rings. The summed E-state index contributed by atoms with van der Waals surface area (Å²) in [5.74, 6) is -0.00321. The minimum absolute atomic E-state index is 0.00321. The molecular weight excluding hydrogens is 290 g/mol. The molecule has 2 aromatic heterocycles. The van der Waals surface area contributed by atoms with Crippen LogP contribution in [0.25, 0.3) is 5.69 Å². The SMILES string of the molecule is Cc1ccn(-c2ccc(NC(=O)CCc3cnn(C)c3)cc2)n1. The second kappa shape index (κ2) is 6.48. The van der Waals surface area contributed by atoms with Crippen LogP contribution in [0.1, 0.15) is 17.7 Å². The third kappa shape index (κ3) is 3.85. The van der Waals surface area contributed by atoms with Crippen LogP contribution in [0.2, 0.25) is 0 Å². The predicted molar refractivity (Wildman–Crippen MR) is 88.5 cm³/mol. The van der Waals surface area contributed by atoms with Gasteiger partial charge >= 0.3 is 0 Å². The fraction of sp³-hybridized carbons (Fsp3) is 0.235. The van der Waals surface area contributed by atoms with Gasteiger partial charge in [0.15, 0.2) is 0 Å². The Morgan fingerprint density at radius 2 is 2.00 bits per heavy atom. The van der Waals surface area contributed by atoms with E-state index in [1.165, 1.54) is 0 Å². The summed E-state index contributed by atoms with van der Waals surface area (Å²) in [7, 11) is 1.87. The smallest absolute Gasteiger partial charge is 0.224 e. The van der Waals surface area contributed by atoms with Crippen molar-refractivity contribution < 1.29 is 4.79 Å². The van der Waals surface area contributed by atoms with Gasteiger partial charge in [-0.05, 0) is 49.2 Å². The fourth-order valence-corrected chi connectivity index (χ4v) is 2.34. The van der Waals surface area contributed by atoms with E-state index in [9.17, 15) is 4.79 Å². The maximum atomic E-state index is 12.0. The number of nitrogens with zero attached hydrogens (tertiary/aromatic N) is 4. The molecule has 3 aromatic rings. The first-order valence-electron chi connectivity index (χ1n) is 7.50. The maximum absolute atomic E-state index is 12.0. The van der Waals surface area contributed by atoms with Crippen LogP contribution in [0, 0.1) is 6.92 Å². The number of hydrogen-bond acceptors (Lipinski definition) is 3. The molecule has 0 aliphatic carbocycles. The van der Waals surface area contributed by atoms with Gasteiger partial charge in [-0.25, -0.2) is 4.68 Å². The van der Waals surface area contributed by atoms with Gasteiger partial charge in [0, 0.05) is 31.5 Å². The number of anilines is 1. The standard InChI is InChI=1S/C17H19N5O/c1-13-9-10-22(20-13)16-6-4-15(5-7-16)19-17(23)8-3-14-11-18-21(2)12-14/h4-7,9-12H,3,8H2,1-2H3,(H,19,23). The summed E-state index contributed by atoms with van der Waals surface area (Å²) >= 11 is 0. The zero-order chi connectivity index (χ0) is 16.2. The van der Waals surface area contributed by atoms with Gasteiger partial charge in [0.1, 0.15) is 0 Å². The van der Waals surface area contributed by atoms with Crippen molar-refractivity contribution in [3.05, 3.63) is 60.2 Å². The van der Waals surface area contributed by atoms with E-state index in [0.29, 0.717) is 12.8 Å². The van der Waals surface area contributed by atoms with Crippen LogP contribution in [0.15, 0.2) is 48.9 Å². The molecule has 0 unspecified atom stereocenters. The van der Waals surface area contributed by atoms with Crippen molar-refractivity contribution in [2.45, 2.75) is 19.8 Å². The van der Waals surface area contributed by atoms with Crippen LogP contribution in [0.4, 0.5) is 5.69 Å². The van der Waals surface area contributed by atoms with Crippen LogP contribution >= 0.6 is 0 Å². The highest BCUT2D eigenvalue weighted by atomic mass is 16.1. The Morgan fingerprint density at radius 1 is 1.22 bits per heavy atom. The molecule has 1 N–H and O–H groups in total. The highest BCUT2D eigenvalue weighted by Crippen LogP contribution is 2.14. The number of rotatable bonds is 5. The molecule has 3 rings (SSSR count). The maximum Gasteiger partial charge on any atom is 0.224 e. The average molecular weight is 309 g/mol. The third-order valence-corrected chi connectivity index (χ3v) is 3.54. The summed E-state index contributed by atoms with van der Waals surface area (Å²) in [6.07, 6.45) is 6.75. The topological polar surface area (TPSA) is 64.7 Å². The van der Waals surface area contributed by atoms with E-state index in [-0.39, 0.29) is 5.91 Å². The average Bonchev–Trinajstić information content (AvgIpc) is 3.15. The Hall–Kier alpha value is -2.89. The fourth-order valence-electron chi connectivity index (χ4n) is 2.34. The number of benzene rings is 1. The monoisotopic (exact) mass is 309 g/mol. The van der Waals surface area contributed by atoms with Crippen molar-refractivity contribution in [1.82, 2.24) is 19.6 Å². The molecule has 0 radical (unpaired) electrons.